The maximum Gasteiger partial charge on any atom is 0.229 e. The number of nitrogens with zero attached hydrogens (tertiary/aromatic N) is 2. The first kappa shape index (κ1) is 20.2. The molecule has 2 fully saturated rings. The molecular formula is C21H23ClF2N4O. The van der Waals surface area contributed by atoms with Crippen molar-refractivity contribution in [2.24, 2.45) is 5.92 Å². The lowest BCUT2D eigenvalue weighted by Gasteiger charge is -2.36. The molecule has 0 aliphatic carbocycles. The molecule has 154 valence electrons. The molecule has 0 saturated carbocycles. The predicted molar refractivity (Wildman–Crippen MR) is 107 cm³/mol. The number of carbonyl (C=O) groups excluding carboxylic acids is 1. The number of benzene rings is 2. The summed E-state index contributed by atoms with van der Waals surface area (Å²) in [6.07, 6.45) is 0. The summed E-state index contributed by atoms with van der Waals surface area (Å²) in [5, 5.41) is 0.425. The lowest BCUT2D eigenvalue weighted by molar-refractivity contribution is -0.137. The van der Waals surface area contributed by atoms with Crippen molar-refractivity contribution in [3.8, 4) is 0 Å². The van der Waals surface area contributed by atoms with E-state index in [1.54, 1.807) is 24.3 Å². The molecule has 4 rings (SSSR count). The lowest BCUT2D eigenvalue weighted by Crippen LogP contribution is -2.51. The van der Waals surface area contributed by atoms with Gasteiger partial charge in [0.1, 0.15) is 11.6 Å². The van der Waals surface area contributed by atoms with Crippen molar-refractivity contribution in [3.05, 3.63) is 70.2 Å². The van der Waals surface area contributed by atoms with Crippen molar-refractivity contribution in [1.29, 1.82) is 0 Å². The lowest BCUT2D eigenvalue weighted by atomic mass is 9.93. The molecule has 2 aliphatic heterocycles. The van der Waals surface area contributed by atoms with Crippen molar-refractivity contribution in [1.82, 2.24) is 20.7 Å². The zero-order valence-electron chi connectivity index (χ0n) is 15.9. The third-order valence-corrected chi connectivity index (χ3v) is 6.01. The van der Waals surface area contributed by atoms with E-state index < -0.39 is 0 Å². The molecule has 0 aromatic heterocycles. The van der Waals surface area contributed by atoms with Gasteiger partial charge in [0.2, 0.25) is 5.91 Å². The first-order chi connectivity index (χ1) is 14.0. The Morgan fingerprint density at radius 1 is 1.07 bits per heavy atom. The van der Waals surface area contributed by atoms with E-state index in [9.17, 15) is 13.6 Å². The number of amides is 1. The van der Waals surface area contributed by atoms with Gasteiger partial charge in [-0.3, -0.25) is 15.1 Å². The summed E-state index contributed by atoms with van der Waals surface area (Å²) >= 11 is 6.13. The summed E-state index contributed by atoms with van der Waals surface area (Å²) in [6, 6.07) is 10.7. The number of piperazine rings is 1. The van der Waals surface area contributed by atoms with Crippen LogP contribution in [0, 0.1) is 17.6 Å². The van der Waals surface area contributed by atoms with Crippen LogP contribution in [0.1, 0.15) is 17.2 Å². The number of nitrogens with one attached hydrogen (secondary N) is 2. The minimum absolute atomic E-state index is 0.0698. The van der Waals surface area contributed by atoms with Crippen LogP contribution in [0.3, 0.4) is 0 Å². The van der Waals surface area contributed by atoms with Crippen LogP contribution in [-0.4, -0.2) is 48.4 Å². The summed E-state index contributed by atoms with van der Waals surface area (Å²) in [5.74, 6) is -0.789. The highest BCUT2D eigenvalue weighted by Gasteiger charge is 2.37. The van der Waals surface area contributed by atoms with Crippen LogP contribution in [0.15, 0.2) is 42.5 Å². The number of rotatable bonds is 4. The highest BCUT2D eigenvalue weighted by Crippen LogP contribution is 2.27. The molecule has 2 unspecified atom stereocenters. The van der Waals surface area contributed by atoms with Gasteiger partial charge in [-0.15, -0.1) is 0 Å². The van der Waals surface area contributed by atoms with E-state index in [1.807, 2.05) is 4.90 Å². The summed E-state index contributed by atoms with van der Waals surface area (Å²) in [7, 11) is 0. The highest BCUT2D eigenvalue weighted by molar-refractivity contribution is 6.31. The zero-order chi connectivity index (χ0) is 20.4. The Hall–Kier alpha value is -2.06. The molecule has 2 N–H and O–H groups in total. The molecule has 2 aromatic rings. The maximum absolute atomic E-state index is 14.0. The fourth-order valence-corrected chi connectivity index (χ4v) is 4.20. The Labute approximate surface area is 173 Å². The van der Waals surface area contributed by atoms with E-state index in [0.717, 1.165) is 5.56 Å². The van der Waals surface area contributed by atoms with Gasteiger partial charge in [0, 0.05) is 49.9 Å². The second-order valence-electron chi connectivity index (χ2n) is 7.46. The third-order valence-electron chi connectivity index (χ3n) is 5.66. The Balaban J connectivity index is 1.37. The van der Waals surface area contributed by atoms with Crippen LogP contribution in [-0.2, 0) is 11.3 Å². The maximum atomic E-state index is 14.0. The van der Waals surface area contributed by atoms with E-state index in [2.05, 4.69) is 15.8 Å². The van der Waals surface area contributed by atoms with Crippen molar-refractivity contribution in [2.75, 3.05) is 32.7 Å². The monoisotopic (exact) mass is 420 g/mol. The largest absolute Gasteiger partial charge is 0.340 e. The van der Waals surface area contributed by atoms with E-state index in [1.165, 1.54) is 18.2 Å². The fraction of sp³-hybridized carbons (Fsp3) is 0.381. The Morgan fingerprint density at radius 3 is 2.48 bits per heavy atom. The minimum Gasteiger partial charge on any atom is -0.340 e. The van der Waals surface area contributed by atoms with Crippen LogP contribution in [0.2, 0.25) is 5.02 Å². The first-order valence-corrected chi connectivity index (χ1v) is 10.1. The number of halogens is 3. The van der Waals surface area contributed by atoms with Gasteiger partial charge >= 0.3 is 0 Å². The van der Waals surface area contributed by atoms with Gasteiger partial charge in [0.15, 0.2) is 0 Å². The molecule has 5 nitrogen and oxygen atoms in total. The van der Waals surface area contributed by atoms with Gasteiger partial charge in [-0.2, -0.15) is 0 Å². The van der Waals surface area contributed by atoms with Crippen LogP contribution in [0.25, 0.3) is 0 Å². The van der Waals surface area contributed by atoms with Crippen LogP contribution < -0.4 is 10.9 Å². The SMILES string of the molecule is O=C(C1CNNC1c1ccc(F)cc1)N1CCN(Cc2c(F)cccc2Cl)CC1. The Morgan fingerprint density at radius 2 is 1.79 bits per heavy atom. The number of hydrogen-bond donors (Lipinski definition) is 2. The van der Waals surface area contributed by atoms with Gasteiger partial charge in [-0.1, -0.05) is 29.8 Å². The van der Waals surface area contributed by atoms with Gasteiger partial charge < -0.3 is 4.90 Å². The third kappa shape index (κ3) is 4.43. The van der Waals surface area contributed by atoms with E-state index in [-0.39, 0.29) is 29.5 Å². The van der Waals surface area contributed by atoms with Gasteiger partial charge in [-0.25, -0.2) is 14.2 Å². The average Bonchev–Trinajstić information content (AvgIpc) is 3.21. The molecular weight excluding hydrogens is 398 g/mol. The molecule has 0 radical (unpaired) electrons. The van der Waals surface area contributed by atoms with Crippen molar-refractivity contribution >= 4 is 17.5 Å². The normalized spacial score (nSPS) is 22.8. The molecule has 2 atom stereocenters. The van der Waals surface area contributed by atoms with Crippen LogP contribution >= 0.6 is 11.6 Å². The van der Waals surface area contributed by atoms with Crippen LogP contribution in [0.5, 0.6) is 0 Å². The zero-order valence-corrected chi connectivity index (χ0v) is 16.6. The van der Waals surface area contributed by atoms with Crippen LogP contribution in [0.4, 0.5) is 8.78 Å². The van der Waals surface area contributed by atoms with Gasteiger partial charge in [0.05, 0.1) is 12.0 Å². The smallest absolute Gasteiger partial charge is 0.229 e. The molecule has 8 heteroatoms. The second-order valence-corrected chi connectivity index (χ2v) is 7.87. The molecule has 2 heterocycles. The van der Waals surface area contributed by atoms with Crippen molar-refractivity contribution < 1.29 is 13.6 Å². The van der Waals surface area contributed by atoms with Gasteiger partial charge in [-0.05, 0) is 29.8 Å². The molecule has 1 amide bonds. The predicted octanol–water partition coefficient (Wildman–Crippen LogP) is 2.73. The fourth-order valence-electron chi connectivity index (χ4n) is 3.98. The second kappa shape index (κ2) is 8.75. The summed E-state index contributed by atoms with van der Waals surface area (Å²) < 4.78 is 27.2. The summed E-state index contributed by atoms with van der Waals surface area (Å²) in [4.78, 5) is 17.1. The van der Waals surface area contributed by atoms with E-state index >= 15 is 0 Å². The Bertz CT molecular complexity index is 851. The Kier molecular flexibility index (Phi) is 6.10. The summed E-state index contributed by atoms with van der Waals surface area (Å²) in [6.45, 7) is 3.43. The van der Waals surface area contributed by atoms with E-state index in [4.69, 9.17) is 11.6 Å². The number of hydrazine groups is 1. The first-order valence-electron chi connectivity index (χ1n) is 9.71. The molecule has 0 bridgehead atoms. The molecule has 2 saturated heterocycles. The molecule has 0 spiro atoms. The average molecular weight is 421 g/mol. The highest BCUT2D eigenvalue weighted by atomic mass is 35.5. The van der Waals surface area contributed by atoms with E-state index in [0.29, 0.717) is 49.9 Å². The standard InChI is InChI=1S/C21H23ClF2N4O/c22-18-2-1-3-19(24)17(18)13-27-8-10-28(11-9-27)21(29)16-12-25-26-20(16)14-4-6-15(23)7-5-14/h1-7,16,20,25-26H,8-13H2. The molecule has 2 aromatic carbocycles. The van der Waals surface area contributed by atoms with Gasteiger partial charge in [0.25, 0.3) is 0 Å². The number of hydrogen-bond acceptors (Lipinski definition) is 4. The number of carbonyl (C=O) groups is 1. The molecule has 29 heavy (non-hydrogen) atoms. The minimum atomic E-state index is -0.304. The topological polar surface area (TPSA) is 47.6 Å². The van der Waals surface area contributed by atoms with Crippen molar-refractivity contribution in [3.63, 3.8) is 0 Å². The quantitative estimate of drug-likeness (QED) is 0.798. The molecule has 2 aliphatic rings. The van der Waals surface area contributed by atoms with Crippen molar-refractivity contribution in [2.45, 2.75) is 12.6 Å². The summed E-state index contributed by atoms with van der Waals surface area (Å²) in [5.41, 5.74) is 7.55.